The minimum absolute atomic E-state index is 0.000243. The molecular formula is C11H17ClN2. The first-order valence-corrected chi connectivity index (χ1v) is 5.00. The molecule has 0 bridgehead atoms. The molecule has 2 nitrogen and oxygen atoms in total. The summed E-state index contributed by atoms with van der Waals surface area (Å²) in [6.45, 7) is 6.26. The Kier molecular flexibility index (Phi) is 3.07. The van der Waals surface area contributed by atoms with E-state index >= 15 is 0 Å². The molecule has 78 valence electrons. The SMILES string of the molecule is CC(C)(C)C(N)c1ccc(N)cc1Cl. The molecule has 3 heteroatoms. The first-order valence-electron chi connectivity index (χ1n) is 4.63. The summed E-state index contributed by atoms with van der Waals surface area (Å²) in [6, 6.07) is 5.39. The molecule has 0 amide bonds. The van der Waals surface area contributed by atoms with Gasteiger partial charge in [0.1, 0.15) is 0 Å². The van der Waals surface area contributed by atoms with Crippen LogP contribution >= 0.6 is 11.6 Å². The van der Waals surface area contributed by atoms with Crippen LogP contribution in [0.5, 0.6) is 0 Å². The number of rotatable bonds is 1. The molecule has 1 unspecified atom stereocenters. The van der Waals surface area contributed by atoms with Crippen molar-refractivity contribution in [3.63, 3.8) is 0 Å². The van der Waals surface area contributed by atoms with Crippen LogP contribution in [0.15, 0.2) is 18.2 Å². The van der Waals surface area contributed by atoms with Crippen LogP contribution in [0.4, 0.5) is 5.69 Å². The largest absolute Gasteiger partial charge is 0.399 e. The Morgan fingerprint density at radius 1 is 1.29 bits per heavy atom. The molecule has 0 spiro atoms. The van der Waals surface area contributed by atoms with Crippen molar-refractivity contribution in [2.75, 3.05) is 5.73 Å². The fourth-order valence-corrected chi connectivity index (χ4v) is 1.57. The molecule has 0 aliphatic carbocycles. The molecule has 1 atom stereocenters. The molecule has 0 heterocycles. The monoisotopic (exact) mass is 212 g/mol. The minimum Gasteiger partial charge on any atom is -0.399 e. The van der Waals surface area contributed by atoms with Gasteiger partial charge in [0.25, 0.3) is 0 Å². The number of nitrogen functional groups attached to an aromatic ring is 1. The van der Waals surface area contributed by atoms with E-state index in [0.717, 1.165) is 5.56 Å². The van der Waals surface area contributed by atoms with Gasteiger partial charge in [-0.15, -0.1) is 0 Å². The zero-order chi connectivity index (χ0) is 10.9. The van der Waals surface area contributed by atoms with Crippen LogP contribution in [-0.2, 0) is 0 Å². The number of nitrogens with two attached hydrogens (primary N) is 2. The molecule has 0 aromatic heterocycles. The second-order valence-corrected chi connectivity index (χ2v) is 5.03. The van der Waals surface area contributed by atoms with Gasteiger partial charge in [0.05, 0.1) is 0 Å². The Balaban J connectivity index is 3.08. The fourth-order valence-electron chi connectivity index (χ4n) is 1.26. The van der Waals surface area contributed by atoms with Crippen molar-refractivity contribution in [3.8, 4) is 0 Å². The van der Waals surface area contributed by atoms with E-state index in [9.17, 15) is 0 Å². The maximum Gasteiger partial charge on any atom is 0.0474 e. The van der Waals surface area contributed by atoms with Crippen LogP contribution in [0.2, 0.25) is 5.02 Å². The number of hydrogen-bond acceptors (Lipinski definition) is 2. The Bertz CT molecular complexity index is 329. The van der Waals surface area contributed by atoms with Gasteiger partial charge < -0.3 is 11.5 Å². The maximum atomic E-state index is 6.10. The number of benzene rings is 1. The summed E-state index contributed by atoms with van der Waals surface area (Å²) in [5.41, 5.74) is 13.3. The zero-order valence-electron chi connectivity index (χ0n) is 8.84. The van der Waals surface area contributed by atoms with Gasteiger partial charge in [-0.2, -0.15) is 0 Å². The van der Waals surface area contributed by atoms with E-state index < -0.39 is 0 Å². The Hall–Kier alpha value is -0.730. The molecule has 1 rings (SSSR count). The summed E-state index contributed by atoms with van der Waals surface area (Å²) in [4.78, 5) is 0. The quantitative estimate of drug-likeness (QED) is 0.704. The third-order valence-corrected chi connectivity index (χ3v) is 2.62. The normalized spacial score (nSPS) is 14.1. The predicted octanol–water partition coefficient (Wildman–Crippen LogP) is 2.97. The topological polar surface area (TPSA) is 52.0 Å². The standard InChI is InChI=1S/C11H17ClN2/c1-11(2,3)10(14)8-5-4-7(13)6-9(8)12/h4-6,10H,13-14H2,1-3H3. The van der Waals surface area contributed by atoms with Crippen molar-refractivity contribution in [1.82, 2.24) is 0 Å². The van der Waals surface area contributed by atoms with Crippen molar-refractivity contribution in [2.45, 2.75) is 26.8 Å². The molecular weight excluding hydrogens is 196 g/mol. The van der Waals surface area contributed by atoms with Gasteiger partial charge in [-0.25, -0.2) is 0 Å². The number of halogens is 1. The van der Waals surface area contributed by atoms with Gasteiger partial charge >= 0.3 is 0 Å². The second-order valence-electron chi connectivity index (χ2n) is 4.62. The summed E-state index contributed by atoms with van der Waals surface area (Å²) >= 11 is 6.07. The van der Waals surface area contributed by atoms with Crippen LogP contribution in [0.1, 0.15) is 32.4 Å². The predicted molar refractivity (Wildman–Crippen MR) is 62.2 cm³/mol. The van der Waals surface area contributed by atoms with Gasteiger partial charge in [0.15, 0.2) is 0 Å². The van der Waals surface area contributed by atoms with Crippen LogP contribution < -0.4 is 11.5 Å². The second kappa shape index (κ2) is 3.79. The summed E-state index contributed by atoms with van der Waals surface area (Å²) in [7, 11) is 0. The lowest BCUT2D eigenvalue weighted by molar-refractivity contribution is 0.327. The Morgan fingerprint density at radius 3 is 2.29 bits per heavy atom. The Morgan fingerprint density at radius 2 is 1.86 bits per heavy atom. The van der Waals surface area contributed by atoms with Gasteiger partial charge in [-0.3, -0.25) is 0 Å². The summed E-state index contributed by atoms with van der Waals surface area (Å²) in [6.07, 6.45) is 0. The molecule has 0 saturated heterocycles. The lowest BCUT2D eigenvalue weighted by Gasteiger charge is -2.28. The van der Waals surface area contributed by atoms with Crippen molar-refractivity contribution in [3.05, 3.63) is 28.8 Å². The minimum atomic E-state index is -0.0735. The van der Waals surface area contributed by atoms with E-state index in [-0.39, 0.29) is 11.5 Å². The van der Waals surface area contributed by atoms with E-state index in [1.165, 1.54) is 0 Å². The van der Waals surface area contributed by atoms with E-state index in [1.807, 2.05) is 12.1 Å². The third kappa shape index (κ3) is 2.40. The highest BCUT2D eigenvalue weighted by Crippen LogP contribution is 2.34. The summed E-state index contributed by atoms with van der Waals surface area (Å²) in [5.74, 6) is 0. The summed E-state index contributed by atoms with van der Waals surface area (Å²) < 4.78 is 0. The van der Waals surface area contributed by atoms with Crippen molar-refractivity contribution in [1.29, 1.82) is 0 Å². The molecule has 0 saturated carbocycles. The van der Waals surface area contributed by atoms with Gasteiger partial charge in [0, 0.05) is 16.8 Å². The highest BCUT2D eigenvalue weighted by atomic mass is 35.5. The van der Waals surface area contributed by atoms with Crippen LogP contribution in [0.25, 0.3) is 0 Å². The van der Waals surface area contributed by atoms with Crippen molar-refractivity contribution >= 4 is 17.3 Å². The number of anilines is 1. The zero-order valence-corrected chi connectivity index (χ0v) is 9.60. The third-order valence-electron chi connectivity index (χ3n) is 2.29. The highest BCUT2D eigenvalue weighted by molar-refractivity contribution is 6.31. The maximum absolute atomic E-state index is 6.10. The highest BCUT2D eigenvalue weighted by Gasteiger charge is 2.23. The summed E-state index contributed by atoms with van der Waals surface area (Å²) in [5, 5.41) is 0.646. The molecule has 1 aromatic rings. The van der Waals surface area contributed by atoms with E-state index in [0.29, 0.717) is 10.7 Å². The average Bonchev–Trinajstić information content (AvgIpc) is 2.01. The van der Waals surface area contributed by atoms with Crippen LogP contribution in [0.3, 0.4) is 0 Å². The fraction of sp³-hybridized carbons (Fsp3) is 0.455. The average molecular weight is 213 g/mol. The van der Waals surface area contributed by atoms with Crippen LogP contribution in [-0.4, -0.2) is 0 Å². The smallest absolute Gasteiger partial charge is 0.0474 e. The van der Waals surface area contributed by atoms with Gasteiger partial charge in [-0.05, 0) is 23.1 Å². The Labute approximate surface area is 90.2 Å². The molecule has 14 heavy (non-hydrogen) atoms. The molecule has 0 aliphatic rings. The van der Waals surface area contributed by atoms with Crippen molar-refractivity contribution < 1.29 is 0 Å². The first kappa shape index (κ1) is 11.3. The lowest BCUT2D eigenvalue weighted by Crippen LogP contribution is -2.26. The number of hydrogen-bond donors (Lipinski definition) is 2. The molecule has 4 N–H and O–H groups in total. The molecule has 0 aliphatic heterocycles. The molecule has 0 fully saturated rings. The lowest BCUT2D eigenvalue weighted by atomic mass is 9.83. The molecule has 0 radical (unpaired) electrons. The van der Waals surface area contributed by atoms with Gasteiger partial charge in [0.2, 0.25) is 0 Å². The van der Waals surface area contributed by atoms with Crippen LogP contribution in [0, 0.1) is 5.41 Å². The van der Waals surface area contributed by atoms with E-state index in [2.05, 4.69) is 20.8 Å². The molecule has 1 aromatic carbocycles. The van der Waals surface area contributed by atoms with Crippen molar-refractivity contribution in [2.24, 2.45) is 11.1 Å². The first-order chi connectivity index (χ1) is 6.32. The van der Waals surface area contributed by atoms with Gasteiger partial charge in [-0.1, -0.05) is 38.4 Å². The van der Waals surface area contributed by atoms with E-state index in [4.69, 9.17) is 23.1 Å². The van der Waals surface area contributed by atoms with E-state index in [1.54, 1.807) is 6.07 Å².